The van der Waals surface area contributed by atoms with Crippen molar-refractivity contribution in [3.63, 3.8) is 0 Å². The van der Waals surface area contributed by atoms with Crippen LogP contribution in [0.1, 0.15) is 12.0 Å². The second kappa shape index (κ2) is 5.62. The molecule has 0 radical (unpaired) electrons. The van der Waals surface area contributed by atoms with E-state index in [0.29, 0.717) is 5.15 Å². The average Bonchev–Trinajstić information content (AvgIpc) is 2.36. The summed E-state index contributed by atoms with van der Waals surface area (Å²) >= 11 is 6.00. The van der Waals surface area contributed by atoms with Crippen LogP contribution in [0.5, 0.6) is 0 Å². The third-order valence-corrected chi connectivity index (χ3v) is 2.62. The molecule has 0 spiro atoms. The van der Waals surface area contributed by atoms with Gasteiger partial charge in [-0.2, -0.15) is 0 Å². The highest BCUT2D eigenvalue weighted by molar-refractivity contribution is 6.34. The van der Waals surface area contributed by atoms with Crippen molar-refractivity contribution in [3.8, 4) is 11.8 Å². The number of hydrogen-bond donors (Lipinski definition) is 1. The third kappa shape index (κ3) is 2.94. The molecule has 0 fully saturated rings. The molecule has 1 aromatic heterocycles. The molecule has 2 rings (SSSR count). The molecule has 0 unspecified atom stereocenters. The fourth-order valence-corrected chi connectivity index (χ4v) is 1.65. The van der Waals surface area contributed by atoms with Crippen molar-refractivity contribution in [1.29, 1.82) is 0 Å². The SMILES string of the molecule is CNCCC#Cc1ccc2ncnc(Cl)c2c1. The van der Waals surface area contributed by atoms with E-state index in [4.69, 9.17) is 11.6 Å². The average molecular weight is 246 g/mol. The standard InChI is InChI=1S/C13H12ClN3/c1-15-7-3-2-4-10-5-6-12-11(8-10)13(14)17-9-16-12/h5-6,8-9,15H,3,7H2,1H3. The van der Waals surface area contributed by atoms with Gasteiger partial charge in [-0.3, -0.25) is 0 Å². The maximum atomic E-state index is 6.00. The first-order valence-electron chi connectivity index (χ1n) is 5.35. The van der Waals surface area contributed by atoms with E-state index in [0.717, 1.165) is 29.4 Å². The van der Waals surface area contributed by atoms with E-state index < -0.39 is 0 Å². The zero-order valence-corrected chi connectivity index (χ0v) is 10.3. The molecule has 0 aliphatic rings. The topological polar surface area (TPSA) is 37.8 Å². The Balaban J connectivity index is 2.30. The zero-order valence-electron chi connectivity index (χ0n) is 9.50. The number of rotatable bonds is 2. The van der Waals surface area contributed by atoms with Gasteiger partial charge in [0.25, 0.3) is 0 Å². The van der Waals surface area contributed by atoms with E-state index in [2.05, 4.69) is 27.1 Å². The van der Waals surface area contributed by atoms with Gasteiger partial charge in [0.2, 0.25) is 0 Å². The van der Waals surface area contributed by atoms with E-state index in [9.17, 15) is 0 Å². The number of nitrogens with one attached hydrogen (secondary N) is 1. The van der Waals surface area contributed by atoms with Crippen LogP contribution in [0.4, 0.5) is 0 Å². The smallest absolute Gasteiger partial charge is 0.140 e. The minimum Gasteiger partial charge on any atom is -0.319 e. The lowest BCUT2D eigenvalue weighted by Gasteiger charge is -1.98. The summed E-state index contributed by atoms with van der Waals surface area (Å²) in [4.78, 5) is 8.09. The molecule has 3 nitrogen and oxygen atoms in total. The van der Waals surface area contributed by atoms with Crippen molar-refractivity contribution in [2.75, 3.05) is 13.6 Å². The van der Waals surface area contributed by atoms with Crippen LogP contribution < -0.4 is 5.32 Å². The van der Waals surface area contributed by atoms with Gasteiger partial charge in [0, 0.05) is 23.9 Å². The normalized spacial score (nSPS) is 10.0. The summed E-state index contributed by atoms with van der Waals surface area (Å²) in [7, 11) is 1.91. The van der Waals surface area contributed by atoms with Gasteiger partial charge in [-0.1, -0.05) is 23.4 Å². The van der Waals surface area contributed by atoms with Crippen LogP contribution in [0, 0.1) is 11.8 Å². The Hall–Kier alpha value is -1.63. The molecule has 1 heterocycles. The largest absolute Gasteiger partial charge is 0.319 e. The number of aromatic nitrogens is 2. The highest BCUT2D eigenvalue weighted by Crippen LogP contribution is 2.19. The number of fused-ring (bicyclic) bond motifs is 1. The highest BCUT2D eigenvalue weighted by atomic mass is 35.5. The predicted molar refractivity (Wildman–Crippen MR) is 70.0 cm³/mol. The summed E-state index contributed by atoms with van der Waals surface area (Å²) in [6, 6.07) is 5.77. The van der Waals surface area contributed by atoms with Crippen molar-refractivity contribution in [2.24, 2.45) is 0 Å². The first-order valence-corrected chi connectivity index (χ1v) is 5.73. The maximum Gasteiger partial charge on any atom is 0.140 e. The third-order valence-electron chi connectivity index (χ3n) is 2.32. The monoisotopic (exact) mass is 245 g/mol. The summed E-state index contributed by atoms with van der Waals surface area (Å²) < 4.78 is 0. The molecule has 0 bridgehead atoms. The van der Waals surface area contributed by atoms with Crippen molar-refractivity contribution in [3.05, 3.63) is 35.2 Å². The van der Waals surface area contributed by atoms with Crippen LogP contribution in [-0.2, 0) is 0 Å². The Morgan fingerprint density at radius 2 is 2.24 bits per heavy atom. The highest BCUT2D eigenvalue weighted by Gasteiger charge is 2.00. The van der Waals surface area contributed by atoms with Crippen molar-refractivity contribution >= 4 is 22.5 Å². The first-order chi connectivity index (χ1) is 8.31. The van der Waals surface area contributed by atoms with Crippen molar-refractivity contribution < 1.29 is 0 Å². The summed E-state index contributed by atoms with van der Waals surface area (Å²) in [5.41, 5.74) is 1.77. The van der Waals surface area contributed by atoms with Crippen LogP contribution in [-0.4, -0.2) is 23.6 Å². The molecule has 0 amide bonds. The second-order valence-corrected chi connectivity index (χ2v) is 3.91. The van der Waals surface area contributed by atoms with Gasteiger partial charge in [-0.05, 0) is 25.2 Å². The summed E-state index contributed by atoms with van der Waals surface area (Å²) in [5.74, 6) is 6.18. The molecule has 1 aromatic carbocycles. The van der Waals surface area contributed by atoms with Crippen molar-refractivity contribution in [2.45, 2.75) is 6.42 Å². The van der Waals surface area contributed by atoms with Crippen molar-refractivity contribution in [1.82, 2.24) is 15.3 Å². The van der Waals surface area contributed by atoms with E-state index in [1.165, 1.54) is 6.33 Å². The quantitative estimate of drug-likeness (QED) is 0.501. The maximum absolute atomic E-state index is 6.00. The lowest BCUT2D eigenvalue weighted by Crippen LogP contribution is -2.05. The molecule has 17 heavy (non-hydrogen) atoms. The molecule has 0 saturated heterocycles. The molecule has 4 heteroatoms. The number of nitrogens with zero attached hydrogens (tertiary/aromatic N) is 2. The first kappa shape index (κ1) is 11.8. The number of hydrogen-bond acceptors (Lipinski definition) is 3. The zero-order chi connectivity index (χ0) is 12.1. The minimum absolute atomic E-state index is 0.467. The lowest BCUT2D eigenvalue weighted by atomic mass is 10.1. The van der Waals surface area contributed by atoms with Crippen LogP contribution in [0.25, 0.3) is 10.9 Å². The lowest BCUT2D eigenvalue weighted by molar-refractivity contribution is 0.818. The Bertz CT molecular complexity index is 584. The van der Waals surface area contributed by atoms with E-state index >= 15 is 0 Å². The van der Waals surface area contributed by atoms with Crippen LogP contribution in [0.2, 0.25) is 5.15 Å². The van der Waals surface area contributed by atoms with Gasteiger partial charge < -0.3 is 5.32 Å². The molecule has 1 N–H and O–H groups in total. The number of benzene rings is 1. The number of halogens is 1. The molecule has 0 aliphatic heterocycles. The molecule has 0 atom stereocenters. The molecular formula is C13H12ClN3. The summed E-state index contributed by atoms with van der Waals surface area (Å²) in [6.07, 6.45) is 2.29. The summed E-state index contributed by atoms with van der Waals surface area (Å²) in [5, 5.41) is 4.36. The minimum atomic E-state index is 0.467. The van der Waals surface area contributed by atoms with Gasteiger partial charge >= 0.3 is 0 Å². The van der Waals surface area contributed by atoms with Gasteiger partial charge in [-0.25, -0.2) is 9.97 Å². The van der Waals surface area contributed by atoms with Gasteiger partial charge in [0.1, 0.15) is 11.5 Å². The molecule has 86 valence electrons. The molecule has 2 aromatic rings. The van der Waals surface area contributed by atoms with Gasteiger partial charge in [0.15, 0.2) is 0 Å². The van der Waals surface area contributed by atoms with E-state index in [-0.39, 0.29) is 0 Å². The Labute approximate surface area is 105 Å². The van der Waals surface area contributed by atoms with Crippen LogP contribution in [0.15, 0.2) is 24.5 Å². The predicted octanol–water partition coefficient (Wildman–Crippen LogP) is 2.24. The summed E-state index contributed by atoms with van der Waals surface area (Å²) in [6.45, 7) is 0.893. The second-order valence-electron chi connectivity index (χ2n) is 3.55. The molecule has 0 saturated carbocycles. The Morgan fingerprint density at radius 1 is 1.35 bits per heavy atom. The van der Waals surface area contributed by atoms with E-state index in [1.54, 1.807) is 0 Å². The molecule has 0 aliphatic carbocycles. The van der Waals surface area contributed by atoms with Gasteiger partial charge in [-0.15, -0.1) is 0 Å². The fourth-order valence-electron chi connectivity index (χ4n) is 1.45. The Morgan fingerprint density at radius 3 is 3.06 bits per heavy atom. The Kier molecular flexibility index (Phi) is 3.92. The van der Waals surface area contributed by atoms with Gasteiger partial charge in [0.05, 0.1) is 5.52 Å². The van der Waals surface area contributed by atoms with E-state index in [1.807, 2.05) is 25.2 Å². The fraction of sp³-hybridized carbons (Fsp3) is 0.231. The van der Waals surface area contributed by atoms with Crippen LogP contribution in [0.3, 0.4) is 0 Å². The molecular weight excluding hydrogens is 234 g/mol. The van der Waals surface area contributed by atoms with Crippen LogP contribution >= 0.6 is 11.6 Å².